The van der Waals surface area contributed by atoms with Gasteiger partial charge in [-0.05, 0) is 70.0 Å². The van der Waals surface area contributed by atoms with Gasteiger partial charge in [0.15, 0.2) is 17.3 Å². The van der Waals surface area contributed by atoms with Crippen molar-refractivity contribution in [3.63, 3.8) is 0 Å². The van der Waals surface area contributed by atoms with E-state index in [0.29, 0.717) is 37.0 Å². The van der Waals surface area contributed by atoms with Crippen LogP contribution >= 0.6 is 0 Å². The summed E-state index contributed by atoms with van der Waals surface area (Å²) in [5, 5.41) is 15.5. The maximum Gasteiger partial charge on any atom is 0.314 e. The Morgan fingerprint density at radius 3 is 2.64 bits per heavy atom. The van der Waals surface area contributed by atoms with E-state index in [1.54, 1.807) is 6.20 Å². The van der Waals surface area contributed by atoms with E-state index in [9.17, 15) is 19.1 Å². The summed E-state index contributed by atoms with van der Waals surface area (Å²) in [5.41, 5.74) is -2.85. The predicted molar refractivity (Wildman–Crippen MR) is 151 cm³/mol. The van der Waals surface area contributed by atoms with Gasteiger partial charge in [-0.3, -0.25) is 14.6 Å². The lowest BCUT2D eigenvalue weighted by atomic mass is 9.72. The number of rotatable bonds is 9. The van der Waals surface area contributed by atoms with Gasteiger partial charge in [-0.2, -0.15) is 0 Å². The van der Waals surface area contributed by atoms with Gasteiger partial charge in [0.25, 0.3) is 5.91 Å². The fourth-order valence-electron chi connectivity index (χ4n) is 5.59. The fraction of sp³-hybridized carbons (Fsp3) is 0.400. The summed E-state index contributed by atoms with van der Waals surface area (Å²) in [7, 11) is 0. The second-order valence-corrected chi connectivity index (χ2v) is 10.3. The highest BCUT2D eigenvalue weighted by atomic mass is 19.1. The molecule has 222 valence electrons. The van der Waals surface area contributed by atoms with E-state index in [4.69, 9.17) is 9.47 Å². The molecule has 1 amide bonds. The van der Waals surface area contributed by atoms with Crippen molar-refractivity contribution in [2.45, 2.75) is 44.1 Å². The lowest BCUT2D eigenvalue weighted by Gasteiger charge is -2.34. The monoisotopic (exact) mass is 581 g/mol. The molecule has 0 spiro atoms. The molecule has 2 saturated heterocycles. The number of aliphatic carboxylic acids is 1. The van der Waals surface area contributed by atoms with Crippen molar-refractivity contribution < 1.29 is 33.0 Å². The first-order valence-corrected chi connectivity index (χ1v) is 14.0. The Morgan fingerprint density at radius 1 is 1.14 bits per heavy atom. The zero-order valence-electron chi connectivity index (χ0n) is 23.2. The largest absolute Gasteiger partial charge is 0.490 e. The SMILES string of the molecule is CCOc1ccccc1OC1CCCN(c2cncc(NC(=O)c3ccc(F)c(C4(C(=O)O)CCNCC4)c3F)n2)C1. The lowest BCUT2D eigenvalue weighted by molar-refractivity contribution is -0.145. The van der Waals surface area contributed by atoms with Crippen LogP contribution in [0.4, 0.5) is 20.4 Å². The number of carbonyl (C=O) groups excluding carboxylic acids is 1. The molecular weight excluding hydrogens is 548 g/mol. The van der Waals surface area contributed by atoms with Crippen LogP contribution in [0, 0.1) is 11.6 Å². The Labute approximate surface area is 242 Å². The van der Waals surface area contributed by atoms with Gasteiger partial charge in [0.1, 0.15) is 29.0 Å². The smallest absolute Gasteiger partial charge is 0.314 e. The van der Waals surface area contributed by atoms with Gasteiger partial charge in [-0.15, -0.1) is 0 Å². The molecule has 3 N–H and O–H groups in total. The Hall–Kier alpha value is -4.32. The van der Waals surface area contributed by atoms with Crippen LogP contribution in [0.25, 0.3) is 0 Å². The minimum absolute atomic E-state index is 0.00742. The fourth-order valence-corrected chi connectivity index (χ4v) is 5.59. The summed E-state index contributed by atoms with van der Waals surface area (Å²) in [6.07, 6.45) is 4.41. The number of nitrogens with zero attached hydrogens (tertiary/aromatic N) is 3. The van der Waals surface area contributed by atoms with Gasteiger partial charge >= 0.3 is 5.97 Å². The van der Waals surface area contributed by atoms with Crippen LogP contribution in [0.2, 0.25) is 0 Å². The molecule has 2 fully saturated rings. The Morgan fingerprint density at radius 2 is 1.90 bits per heavy atom. The van der Waals surface area contributed by atoms with Crippen molar-refractivity contribution in [3.8, 4) is 11.5 Å². The third-order valence-corrected chi connectivity index (χ3v) is 7.69. The molecule has 1 unspecified atom stereocenters. The first-order chi connectivity index (χ1) is 20.3. The van der Waals surface area contributed by atoms with Crippen LogP contribution in [-0.2, 0) is 10.2 Å². The number of halogens is 2. The molecule has 1 atom stereocenters. The van der Waals surface area contributed by atoms with Crippen molar-refractivity contribution in [3.05, 3.63) is 71.6 Å². The molecule has 0 aliphatic carbocycles. The number of anilines is 2. The highest BCUT2D eigenvalue weighted by molar-refractivity contribution is 6.04. The van der Waals surface area contributed by atoms with Gasteiger partial charge in [0.2, 0.25) is 0 Å². The van der Waals surface area contributed by atoms with Gasteiger partial charge < -0.3 is 30.1 Å². The third kappa shape index (κ3) is 5.98. The highest BCUT2D eigenvalue weighted by Gasteiger charge is 2.46. The molecule has 10 nitrogen and oxygen atoms in total. The van der Waals surface area contributed by atoms with Gasteiger partial charge in [-0.25, -0.2) is 13.8 Å². The molecule has 1 aromatic heterocycles. The average Bonchev–Trinajstić information content (AvgIpc) is 2.99. The molecule has 0 saturated carbocycles. The number of benzene rings is 2. The number of aromatic nitrogens is 2. The Kier molecular flexibility index (Phi) is 8.81. The lowest BCUT2D eigenvalue weighted by Crippen LogP contribution is -2.47. The number of para-hydroxylation sites is 2. The standard InChI is InChI=1S/C30H33F2N5O5/c1-2-41-22-7-3-4-8-23(22)42-19-6-5-15-37(18-19)25-17-34-16-24(35-25)36-28(38)20-9-10-21(31)26(27(20)32)30(29(39)40)11-13-33-14-12-30/h3-4,7-10,16-17,19,33H,2,5-6,11-15,18H2,1H3,(H,39,40)(H,35,36,38). The molecule has 3 heterocycles. The van der Waals surface area contributed by atoms with Gasteiger partial charge in [-0.1, -0.05) is 12.1 Å². The van der Waals surface area contributed by atoms with Gasteiger partial charge in [0.05, 0.1) is 31.1 Å². The number of carboxylic acid groups (broad SMARTS) is 1. The van der Waals surface area contributed by atoms with E-state index in [1.807, 2.05) is 36.1 Å². The second kappa shape index (κ2) is 12.7. The van der Waals surface area contributed by atoms with Crippen molar-refractivity contribution in [2.24, 2.45) is 0 Å². The highest BCUT2D eigenvalue weighted by Crippen LogP contribution is 2.38. The van der Waals surface area contributed by atoms with Crippen LogP contribution < -0.4 is 25.0 Å². The molecule has 42 heavy (non-hydrogen) atoms. The van der Waals surface area contributed by atoms with E-state index >= 15 is 4.39 Å². The minimum Gasteiger partial charge on any atom is -0.490 e. The molecule has 0 radical (unpaired) electrons. The zero-order chi connectivity index (χ0) is 29.7. The van der Waals surface area contributed by atoms with E-state index < -0.39 is 40.1 Å². The summed E-state index contributed by atoms with van der Waals surface area (Å²) >= 11 is 0. The number of carbonyl (C=O) groups is 2. The molecule has 12 heteroatoms. The molecule has 3 aromatic rings. The molecule has 2 aliphatic rings. The van der Waals surface area contributed by atoms with E-state index in [-0.39, 0.29) is 37.9 Å². The summed E-state index contributed by atoms with van der Waals surface area (Å²) in [5.74, 6) is -2.50. The number of amides is 1. The topological polar surface area (TPSA) is 126 Å². The normalized spacial score (nSPS) is 18.3. The van der Waals surface area contributed by atoms with E-state index in [0.717, 1.165) is 25.0 Å². The third-order valence-electron chi connectivity index (χ3n) is 7.69. The van der Waals surface area contributed by atoms with Crippen molar-refractivity contribution in [1.82, 2.24) is 15.3 Å². The predicted octanol–water partition coefficient (Wildman–Crippen LogP) is 4.16. The van der Waals surface area contributed by atoms with Crippen LogP contribution in [0.3, 0.4) is 0 Å². The number of ether oxygens (including phenoxy) is 2. The van der Waals surface area contributed by atoms with Crippen LogP contribution in [0.5, 0.6) is 11.5 Å². The molecular formula is C30H33F2N5O5. The summed E-state index contributed by atoms with van der Waals surface area (Å²) in [6.45, 7) is 4.22. The first-order valence-electron chi connectivity index (χ1n) is 14.0. The van der Waals surface area contributed by atoms with Crippen LogP contribution in [0.15, 0.2) is 48.8 Å². The van der Waals surface area contributed by atoms with Crippen LogP contribution in [-0.4, -0.2) is 65.8 Å². The first kappa shape index (κ1) is 29.2. The zero-order valence-corrected chi connectivity index (χ0v) is 23.2. The number of nitrogens with one attached hydrogen (secondary N) is 2. The summed E-state index contributed by atoms with van der Waals surface area (Å²) < 4.78 is 42.5. The average molecular weight is 582 g/mol. The summed E-state index contributed by atoms with van der Waals surface area (Å²) in [6, 6.07) is 9.43. The Balaban J connectivity index is 1.32. The summed E-state index contributed by atoms with van der Waals surface area (Å²) in [4.78, 5) is 36.0. The minimum atomic E-state index is -1.77. The number of piperidine rings is 2. The number of carboxylic acids is 1. The van der Waals surface area contributed by atoms with Crippen molar-refractivity contribution in [1.29, 1.82) is 0 Å². The number of hydrogen-bond acceptors (Lipinski definition) is 8. The Bertz CT molecular complexity index is 1450. The van der Waals surface area contributed by atoms with E-state index in [2.05, 4.69) is 20.6 Å². The molecule has 5 rings (SSSR count). The maximum absolute atomic E-state index is 15.7. The number of hydrogen-bond donors (Lipinski definition) is 3. The molecule has 2 aliphatic heterocycles. The quantitative estimate of drug-likeness (QED) is 0.342. The van der Waals surface area contributed by atoms with Gasteiger partial charge in [0, 0.05) is 12.1 Å². The second-order valence-electron chi connectivity index (χ2n) is 10.3. The van der Waals surface area contributed by atoms with Crippen molar-refractivity contribution in [2.75, 3.05) is 43.0 Å². The van der Waals surface area contributed by atoms with E-state index in [1.165, 1.54) is 6.20 Å². The maximum atomic E-state index is 15.7. The molecule has 2 aromatic carbocycles. The van der Waals surface area contributed by atoms with Crippen LogP contribution in [0.1, 0.15) is 48.5 Å². The molecule has 0 bridgehead atoms. The van der Waals surface area contributed by atoms with Crippen molar-refractivity contribution >= 4 is 23.5 Å².